The van der Waals surface area contributed by atoms with Crippen LogP contribution in [-0.4, -0.2) is 16.5 Å². The standard InChI is InChI=1S/C15H13F2N3/c16-11-7-10(8-12(17)9-11)5-6-18-15-19-13-3-1-2-4-14(13)20-15/h1-4,7-9H,5-6H2,(H2,18,19,20). The van der Waals surface area contributed by atoms with E-state index in [-0.39, 0.29) is 0 Å². The van der Waals surface area contributed by atoms with Crippen LogP contribution in [0.15, 0.2) is 42.5 Å². The third kappa shape index (κ3) is 2.77. The van der Waals surface area contributed by atoms with Crippen molar-refractivity contribution in [2.45, 2.75) is 6.42 Å². The summed E-state index contributed by atoms with van der Waals surface area (Å²) >= 11 is 0. The van der Waals surface area contributed by atoms with Crippen LogP contribution >= 0.6 is 0 Å². The first-order valence-corrected chi connectivity index (χ1v) is 6.34. The van der Waals surface area contributed by atoms with Crippen molar-refractivity contribution in [3.63, 3.8) is 0 Å². The molecular weight excluding hydrogens is 260 g/mol. The molecule has 0 fully saturated rings. The van der Waals surface area contributed by atoms with E-state index in [2.05, 4.69) is 15.3 Å². The quantitative estimate of drug-likeness (QED) is 0.764. The van der Waals surface area contributed by atoms with E-state index in [4.69, 9.17) is 0 Å². The molecule has 1 aromatic heterocycles. The molecule has 2 N–H and O–H groups in total. The van der Waals surface area contributed by atoms with Crippen molar-refractivity contribution >= 4 is 17.0 Å². The van der Waals surface area contributed by atoms with Gasteiger partial charge in [-0.2, -0.15) is 0 Å². The Morgan fingerprint density at radius 3 is 2.55 bits per heavy atom. The van der Waals surface area contributed by atoms with Crippen molar-refractivity contribution in [2.75, 3.05) is 11.9 Å². The number of halogens is 2. The Hall–Kier alpha value is -2.43. The lowest BCUT2D eigenvalue weighted by atomic mass is 10.1. The maximum absolute atomic E-state index is 13.0. The van der Waals surface area contributed by atoms with Crippen molar-refractivity contribution < 1.29 is 8.78 Å². The molecule has 0 atom stereocenters. The number of nitrogens with one attached hydrogen (secondary N) is 2. The van der Waals surface area contributed by atoms with Crippen LogP contribution < -0.4 is 5.32 Å². The van der Waals surface area contributed by atoms with Crippen LogP contribution in [0.25, 0.3) is 11.0 Å². The van der Waals surface area contributed by atoms with Gasteiger partial charge in [-0.3, -0.25) is 0 Å². The van der Waals surface area contributed by atoms with E-state index in [1.165, 1.54) is 12.1 Å². The number of nitrogens with zero attached hydrogens (tertiary/aromatic N) is 1. The van der Waals surface area contributed by atoms with Gasteiger partial charge in [-0.25, -0.2) is 13.8 Å². The zero-order valence-electron chi connectivity index (χ0n) is 10.7. The Bertz CT molecular complexity index is 684. The molecule has 20 heavy (non-hydrogen) atoms. The molecule has 102 valence electrons. The van der Waals surface area contributed by atoms with Gasteiger partial charge < -0.3 is 10.3 Å². The van der Waals surface area contributed by atoms with Gasteiger partial charge in [0, 0.05) is 12.6 Å². The Morgan fingerprint density at radius 2 is 1.80 bits per heavy atom. The molecule has 0 saturated carbocycles. The van der Waals surface area contributed by atoms with Crippen molar-refractivity contribution in [1.29, 1.82) is 0 Å². The minimum atomic E-state index is -0.552. The summed E-state index contributed by atoms with van der Waals surface area (Å²) < 4.78 is 26.1. The molecule has 0 saturated heterocycles. The lowest BCUT2D eigenvalue weighted by molar-refractivity contribution is 0.580. The van der Waals surface area contributed by atoms with Crippen LogP contribution in [0.4, 0.5) is 14.7 Å². The van der Waals surface area contributed by atoms with Crippen LogP contribution in [0.2, 0.25) is 0 Å². The lowest BCUT2D eigenvalue weighted by Crippen LogP contribution is -2.06. The van der Waals surface area contributed by atoms with E-state index in [1.807, 2.05) is 24.3 Å². The highest BCUT2D eigenvalue weighted by molar-refractivity contribution is 5.77. The molecule has 0 bridgehead atoms. The molecule has 0 aliphatic carbocycles. The molecule has 3 rings (SSSR count). The summed E-state index contributed by atoms with van der Waals surface area (Å²) in [6.45, 7) is 0.544. The summed E-state index contributed by atoms with van der Waals surface area (Å²) in [5.41, 5.74) is 2.45. The second kappa shape index (κ2) is 5.28. The average Bonchev–Trinajstić information content (AvgIpc) is 2.80. The monoisotopic (exact) mass is 273 g/mol. The summed E-state index contributed by atoms with van der Waals surface area (Å²) in [5.74, 6) is -0.449. The highest BCUT2D eigenvalue weighted by atomic mass is 19.1. The number of imidazole rings is 1. The summed E-state index contributed by atoms with van der Waals surface area (Å²) in [5, 5.41) is 3.11. The number of aromatic nitrogens is 2. The normalized spacial score (nSPS) is 10.9. The molecule has 0 aliphatic rings. The van der Waals surface area contributed by atoms with E-state index < -0.39 is 11.6 Å². The minimum Gasteiger partial charge on any atom is -0.355 e. The number of hydrogen-bond acceptors (Lipinski definition) is 2. The Morgan fingerprint density at radius 1 is 1.05 bits per heavy atom. The van der Waals surface area contributed by atoms with E-state index in [0.717, 1.165) is 17.1 Å². The van der Waals surface area contributed by atoms with Gasteiger partial charge in [0.15, 0.2) is 0 Å². The summed E-state index contributed by atoms with van der Waals surface area (Å²) in [7, 11) is 0. The van der Waals surface area contributed by atoms with Crippen LogP contribution in [0.1, 0.15) is 5.56 Å². The molecule has 0 amide bonds. The second-order valence-corrected chi connectivity index (χ2v) is 4.56. The number of H-pyrrole nitrogens is 1. The number of aromatic amines is 1. The molecule has 1 heterocycles. The van der Waals surface area contributed by atoms with Crippen LogP contribution in [-0.2, 0) is 6.42 Å². The fourth-order valence-electron chi connectivity index (χ4n) is 2.12. The third-order valence-corrected chi connectivity index (χ3v) is 3.02. The maximum atomic E-state index is 13.0. The number of fused-ring (bicyclic) bond motifs is 1. The number of anilines is 1. The maximum Gasteiger partial charge on any atom is 0.201 e. The summed E-state index contributed by atoms with van der Waals surface area (Å²) in [4.78, 5) is 7.50. The molecular formula is C15H13F2N3. The first kappa shape index (κ1) is 12.6. The number of rotatable bonds is 4. The highest BCUT2D eigenvalue weighted by Gasteiger charge is 2.03. The predicted octanol–water partition coefficient (Wildman–Crippen LogP) is 3.50. The molecule has 5 heteroatoms. The lowest BCUT2D eigenvalue weighted by Gasteiger charge is -2.03. The average molecular weight is 273 g/mol. The van der Waals surface area contributed by atoms with E-state index >= 15 is 0 Å². The zero-order valence-corrected chi connectivity index (χ0v) is 10.7. The van der Waals surface area contributed by atoms with Gasteiger partial charge in [0.1, 0.15) is 11.6 Å². The van der Waals surface area contributed by atoms with Crippen molar-refractivity contribution in [3.8, 4) is 0 Å². The third-order valence-electron chi connectivity index (χ3n) is 3.02. The first-order chi connectivity index (χ1) is 9.70. The zero-order chi connectivity index (χ0) is 13.9. The Balaban J connectivity index is 1.64. The molecule has 3 aromatic rings. The topological polar surface area (TPSA) is 40.7 Å². The van der Waals surface area contributed by atoms with Crippen molar-refractivity contribution in [1.82, 2.24) is 9.97 Å². The molecule has 0 spiro atoms. The van der Waals surface area contributed by atoms with Crippen molar-refractivity contribution in [2.24, 2.45) is 0 Å². The fourth-order valence-corrected chi connectivity index (χ4v) is 2.12. The number of hydrogen-bond donors (Lipinski definition) is 2. The number of benzene rings is 2. The SMILES string of the molecule is Fc1cc(F)cc(CCNc2nc3ccccc3[nH]2)c1. The van der Waals surface area contributed by atoms with Gasteiger partial charge in [0.05, 0.1) is 11.0 Å². The first-order valence-electron chi connectivity index (χ1n) is 6.34. The summed E-state index contributed by atoms with van der Waals surface area (Å²) in [6, 6.07) is 11.2. The predicted molar refractivity (Wildman–Crippen MR) is 74.6 cm³/mol. The van der Waals surface area contributed by atoms with Gasteiger partial charge in [-0.1, -0.05) is 12.1 Å². The smallest absolute Gasteiger partial charge is 0.201 e. The van der Waals surface area contributed by atoms with Crippen LogP contribution in [0.5, 0.6) is 0 Å². The van der Waals surface area contributed by atoms with Crippen molar-refractivity contribution in [3.05, 3.63) is 59.7 Å². The molecule has 0 aliphatic heterocycles. The second-order valence-electron chi connectivity index (χ2n) is 4.56. The van der Waals surface area contributed by atoms with Gasteiger partial charge in [0.2, 0.25) is 5.95 Å². The molecule has 0 unspecified atom stereocenters. The highest BCUT2D eigenvalue weighted by Crippen LogP contribution is 2.13. The van der Waals surface area contributed by atoms with Gasteiger partial charge in [0.25, 0.3) is 0 Å². The van der Waals surface area contributed by atoms with Gasteiger partial charge in [-0.15, -0.1) is 0 Å². The summed E-state index contributed by atoms with van der Waals surface area (Å²) in [6.07, 6.45) is 0.520. The fraction of sp³-hybridized carbons (Fsp3) is 0.133. The Labute approximate surface area is 114 Å². The van der Waals surface area contributed by atoms with E-state index in [1.54, 1.807) is 0 Å². The number of para-hydroxylation sites is 2. The van der Waals surface area contributed by atoms with E-state index in [0.29, 0.717) is 24.5 Å². The van der Waals surface area contributed by atoms with Crippen LogP contribution in [0, 0.1) is 11.6 Å². The van der Waals surface area contributed by atoms with Gasteiger partial charge in [-0.05, 0) is 36.2 Å². The molecule has 2 aromatic carbocycles. The molecule has 3 nitrogen and oxygen atoms in total. The van der Waals surface area contributed by atoms with Crippen LogP contribution in [0.3, 0.4) is 0 Å². The van der Waals surface area contributed by atoms with E-state index in [9.17, 15) is 8.78 Å². The molecule has 0 radical (unpaired) electrons. The van der Waals surface area contributed by atoms with Gasteiger partial charge >= 0.3 is 0 Å². The minimum absolute atomic E-state index is 0.520. The largest absolute Gasteiger partial charge is 0.355 e. The Kier molecular flexibility index (Phi) is 3.33.